The second kappa shape index (κ2) is 7.50. The number of carbonyl (C=O) groups is 1. The molecule has 0 bridgehead atoms. The number of piperidine rings is 1. The molecule has 0 radical (unpaired) electrons. The molecule has 0 aromatic heterocycles. The van der Waals surface area contributed by atoms with Crippen molar-refractivity contribution in [3.63, 3.8) is 0 Å². The molecule has 7 nitrogen and oxygen atoms in total. The molecule has 4 rings (SSSR count). The SMILES string of the molecule is O=C(NC1CC1)c1ccc(N2CCC(c3ccc(O)cc3)CC2)c([N+](=O)[O-])c1. The average Bonchev–Trinajstić information content (AvgIpc) is 3.52. The van der Waals surface area contributed by atoms with Crippen molar-refractivity contribution >= 4 is 17.3 Å². The van der Waals surface area contributed by atoms with Crippen LogP contribution in [-0.2, 0) is 0 Å². The van der Waals surface area contributed by atoms with Gasteiger partial charge in [0.2, 0.25) is 0 Å². The highest BCUT2D eigenvalue weighted by Gasteiger charge is 2.28. The first-order valence-corrected chi connectivity index (χ1v) is 9.64. The molecule has 0 unspecified atom stereocenters. The number of hydrogen-bond acceptors (Lipinski definition) is 5. The van der Waals surface area contributed by atoms with Crippen LogP contribution in [0, 0.1) is 10.1 Å². The van der Waals surface area contributed by atoms with E-state index in [4.69, 9.17) is 0 Å². The van der Waals surface area contributed by atoms with Crippen LogP contribution < -0.4 is 10.2 Å². The lowest BCUT2D eigenvalue weighted by molar-refractivity contribution is -0.384. The summed E-state index contributed by atoms with van der Waals surface area (Å²) in [7, 11) is 0. The van der Waals surface area contributed by atoms with E-state index < -0.39 is 4.92 Å². The maximum Gasteiger partial charge on any atom is 0.293 e. The number of nitro benzene ring substituents is 1. The third-order valence-corrected chi connectivity index (χ3v) is 5.55. The van der Waals surface area contributed by atoms with E-state index >= 15 is 0 Å². The van der Waals surface area contributed by atoms with Gasteiger partial charge in [-0.2, -0.15) is 0 Å². The molecule has 1 aliphatic heterocycles. The Balaban J connectivity index is 1.48. The molecule has 0 spiro atoms. The standard InChI is InChI=1S/C21H23N3O4/c25-18-6-1-14(2-7-18)15-9-11-23(12-10-15)19-8-3-16(13-20(19)24(27)28)21(26)22-17-4-5-17/h1-3,6-8,13,15,17,25H,4-5,9-12H2,(H,22,26). The van der Waals surface area contributed by atoms with Crippen LogP contribution in [0.4, 0.5) is 11.4 Å². The van der Waals surface area contributed by atoms with Gasteiger partial charge < -0.3 is 15.3 Å². The fourth-order valence-corrected chi connectivity index (χ4v) is 3.77. The monoisotopic (exact) mass is 381 g/mol. The number of anilines is 1. The summed E-state index contributed by atoms with van der Waals surface area (Å²) in [6, 6.07) is 12.2. The van der Waals surface area contributed by atoms with E-state index in [0.29, 0.717) is 30.3 Å². The summed E-state index contributed by atoms with van der Waals surface area (Å²) in [4.78, 5) is 25.4. The van der Waals surface area contributed by atoms with Crippen molar-refractivity contribution in [1.29, 1.82) is 0 Å². The Morgan fingerprint density at radius 3 is 2.36 bits per heavy atom. The number of phenols is 1. The van der Waals surface area contributed by atoms with Gasteiger partial charge in [-0.1, -0.05) is 12.1 Å². The van der Waals surface area contributed by atoms with Crippen LogP contribution in [-0.4, -0.2) is 35.1 Å². The first-order chi connectivity index (χ1) is 13.5. The molecule has 1 saturated heterocycles. The van der Waals surface area contributed by atoms with Crippen LogP contribution in [0.2, 0.25) is 0 Å². The number of hydrogen-bond donors (Lipinski definition) is 2. The van der Waals surface area contributed by atoms with Crippen LogP contribution in [0.5, 0.6) is 5.75 Å². The molecule has 2 aromatic rings. The maximum absolute atomic E-state index is 12.2. The van der Waals surface area contributed by atoms with E-state index in [9.17, 15) is 20.0 Å². The average molecular weight is 381 g/mol. The zero-order valence-corrected chi connectivity index (χ0v) is 15.5. The summed E-state index contributed by atoms with van der Waals surface area (Å²) in [5, 5.41) is 23.9. The predicted molar refractivity (Wildman–Crippen MR) is 106 cm³/mol. The molecule has 1 heterocycles. The van der Waals surface area contributed by atoms with Crippen molar-refractivity contribution < 1.29 is 14.8 Å². The summed E-state index contributed by atoms with van der Waals surface area (Å²) in [5.41, 5.74) is 2.06. The Morgan fingerprint density at radius 2 is 1.75 bits per heavy atom. The van der Waals surface area contributed by atoms with E-state index in [1.54, 1.807) is 24.3 Å². The summed E-state index contributed by atoms with van der Waals surface area (Å²) in [6.45, 7) is 1.42. The van der Waals surface area contributed by atoms with Crippen LogP contribution >= 0.6 is 0 Å². The molecule has 2 aromatic carbocycles. The van der Waals surface area contributed by atoms with Crippen LogP contribution in [0.1, 0.15) is 47.5 Å². The molecule has 28 heavy (non-hydrogen) atoms. The zero-order valence-electron chi connectivity index (χ0n) is 15.5. The molecule has 7 heteroatoms. The van der Waals surface area contributed by atoms with Crippen molar-refractivity contribution in [2.75, 3.05) is 18.0 Å². The quantitative estimate of drug-likeness (QED) is 0.610. The zero-order chi connectivity index (χ0) is 19.7. The van der Waals surface area contributed by atoms with Crippen molar-refractivity contribution in [3.8, 4) is 5.75 Å². The second-order valence-corrected chi connectivity index (χ2v) is 7.56. The van der Waals surface area contributed by atoms with E-state index in [1.807, 2.05) is 17.0 Å². The third-order valence-electron chi connectivity index (χ3n) is 5.55. The fourth-order valence-electron chi connectivity index (χ4n) is 3.77. The van der Waals surface area contributed by atoms with Gasteiger partial charge in [-0.05, 0) is 61.4 Å². The number of carbonyl (C=O) groups excluding carboxylic acids is 1. The largest absolute Gasteiger partial charge is 0.508 e. The lowest BCUT2D eigenvalue weighted by Gasteiger charge is -2.33. The van der Waals surface area contributed by atoms with Crippen LogP contribution in [0.15, 0.2) is 42.5 Å². The highest BCUT2D eigenvalue weighted by molar-refractivity contribution is 5.96. The maximum atomic E-state index is 12.2. The number of nitro groups is 1. The van der Waals surface area contributed by atoms with Crippen molar-refractivity contribution in [3.05, 3.63) is 63.7 Å². The number of nitrogens with zero attached hydrogens (tertiary/aromatic N) is 2. The molecule has 1 saturated carbocycles. The van der Waals surface area contributed by atoms with Crippen LogP contribution in [0.25, 0.3) is 0 Å². The molecule has 1 amide bonds. The van der Waals surface area contributed by atoms with Gasteiger partial charge in [0, 0.05) is 30.8 Å². The number of phenolic OH excluding ortho intramolecular Hbond substituents is 1. The lowest BCUT2D eigenvalue weighted by atomic mass is 9.89. The Labute approximate surface area is 163 Å². The minimum absolute atomic E-state index is 0.0217. The van der Waals surface area contributed by atoms with Crippen LogP contribution in [0.3, 0.4) is 0 Å². The molecule has 2 aliphatic rings. The first kappa shape index (κ1) is 18.3. The van der Waals surface area contributed by atoms with Crippen molar-refractivity contribution in [2.24, 2.45) is 0 Å². The van der Waals surface area contributed by atoms with E-state index in [0.717, 1.165) is 25.7 Å². The van der Waals surface area contributed by atoms with Gasteiger partial charge in [-0.25, -0.2) is 0 Å². The molecule has 1 aliphatic carbocycles. The Morgan fingerprint density at radius 1 is 1.07 bits per heavy atom. The molecule has 0 atom stereocenters. The van der Waals surface area contributed by atoms with Crippen molar-refractivity contribution in [1.82, 2.24) is 5.32 Å². The third kappa shape index (κ3) is 3.93. The summed E-state index contributed by atoms with van der Waals surface area (Å²) in [6.07, 6.45) is 3.71. The number of nitrogens with one attached hydrogen (secondary N) is 1. The van der Waals surface area contributed by atoms with Gasteiger partial charge in [0.15, 0.2) is 0 Å². The molecular formula is C21H23N3O4. The van der Waals surface area contributed by atoms with Gasteiger partial charge in [0.25, 0.3) is 11.6 Å². The van der Waals surface area contributed by atoms with E-state index in [-0.39, 0.29) is 23.4 Å². The van der Waals surface area contributed by atoms with Gasteiger partial charge in [-0.3, -0.25) is 14.9 Å². The number of amides is 1. The Hall–Kier alpha value is -3.09. The highest BCUT2D eigenvalue weighted by Crippen LogP contribution is 2.35. The predicted octanol–water partition coefficient (Wildman–Crippen LogP) is 3.58. The minimum atomic E-state index is -0.407. The van der Waals surface area contributed by atoms with Crippen molar-refractivity contribution in [2.45, 2.75) is 37.6 Å². The first-order valence-electron chi connectivity index (χ1n) is 9.64. The van der Waals surface area contributed by atoms with E-state index in [1.165, 1.54) is 11.6 Å². The summed E-state index contributed by atoms with van der Waals surface area (Å²) in [5.74, 6) is 0.380. The van der Waals surface area contributed by atoms with Gasteiger partial charge in [-0.15, -0.1) is 0 Å². The Kier molecular flexibility index (Phi) is 4.90. The number of rotatable bonds is 5. The topological polar surface area (TPSA) is 95.7 Å². The Bertz CT molecular complexity index is 885. The normalized spacial score (nSPS) is 17.4. The number of benzene rings is 2. The minimum Gasteiger partial charge on any atom is -0.508 e. The molecule has 2 fully saturated rings. The molecule has 2 N–H and O–H groups in total. The molecular weight excluding hydrogens is 358 g/mol. The molecule has 146 valence electrons. The lowest BCUT2D eigenvalue weighted by Crippen LogP contribution is -2.33. The number of aromatic hydroxyl groups is 1. The highest BCUT2D eigenvalue weighted by atomic mass is 16.6. The van der Waals surface area contributed by atoms with Gasteiger partial charge in [0.05, 0.1) is 4.92 Å². The second-order valence-electron chi connectivity index (χ2n) is 7.56. The summed E-state index contributed by atoms with van der Waals surface area (Å²) >= 11 is 0. The fraction of sp³-hybridized carbons (Fsp3) is 0.381. The summed E-state index contributed by atoms with van der Waals surface area (Å²) < 4.78 is 0. The smallest absolute Gasteiger partial charge is 0.293 e. The van der Waals surface area contributed by atoms with Gasteiger partial charge >= 0.3 is 0 Å². The van der Waals surface area contributed by atoms with E-state index in [2.05, 4.69) is 5.32 Å². The van der Waals surface area contributed by atoms with Gasteiger partial charge in [0.1, 0.15) is 11.4 Å².